The zero-order chi connectivity index (χ0) is 14.9. The third-order valence-corrected chi connectivity index (χ3v) is 3.73. The number of ether oxygens (including phenoxy) is 2. The molecule has 110 valence electrons. The highest BCUT2D eigenvalue weighted by atomic mass is 16.5. The van der Waals surface area contributed by atoms with E-state index in [1.165, 1.54) is 0 Å². The fourth-order valence-electron chi connectivity index (χ4n) is 2.72. The number of benzene rings is 2. The van der Waals surface area contributed by atoms with Gasteiger partial charge in [-0.05, 0) is 25.5 Å². The van der Waals surface area contributed by atoms with Gasteiger partial charge in [0.05, 0.1) is 0 Å². The molecule has 0 bridgehead atoms. The summed E-state index contributed by atoms with van der Waals surface area (Å²) in [6.45, 7) is 4.68. The van der Waals surface area contributed by atoms with Crippen molar-refractivity contribution in [2.45, 2.75) is 38.5 Å². The molecule has 1 atom stereocenters. The van der Waals surface area contributed by atoms with Crippen LogP contribution in [0.5, 0.6) is 11.5 Å². The minimum Gasteiger partial charge on any atom is -0.489 e. The van der Waals surface area contributed by atoms with Crippen molar-refractivity contribution in [1.29, 1.82) is 0 Å². The molecule has 0 aliphatic carbocycles. The predicted molar refractivity (Wildman–Crippen MR) is 83.5 cm³/mol. The quantitative estimate of drug-likeness (QED) is 0.931. The van der Waals surface area contributed by atoms with Crippen LogP contribution in [-0.4, -0.2) is 5.60 Å². The zero-order valence-electron chi connectivity index (χ0n) is 12.5. The van der Waals surface area contributed by atoms with E-state index in [0.717, 1.165) is 29.0 Å². The molecule has 21 heavy (non-hydrogen) atoms. The zero-order valence-corrected chi connectivity index (χ0v) is 12.5. The van der Waals surface area contributed by atoms with Crippen molar-refractivity contribution in [3.8, 4) is 11.5 Å². The molecule has 0 fully saturated rings. The maximum Gasteiger partial charge on any atom is 0.128 e. The van der Waals surface area contributed by atoms with Crippen molar-refractivity contribution in [2.24, 2.45) is 5.73 Å². The van der Waals surface area contributed by atoms with Crippen LogP contribution in [0.15, 0.2) is 48.5 Å². The summed E-state index contributed by atoms with van der Waals surface area (Å²) in [5.74, 6) is 1.65. The first-order valence-corrected chi connectivity index (χ1v) is 7.29. The van der Waals surface area contributed by atoms with Gasteiger partial charge >= 0.3 is 0 Å². The van der Waals surface area contributed by atoms with Gasteiger partial charge in [-0.25, -0.2) is 0 Å². The van der Waals surface area contributed by atoms with Crippen molar-refractivity contribution < 1.29 is 9.47 Å². The van der Waals surface area contributed by atoms with Gasteiger partial charge in [0, 0.05) is 24.1 Å². The first-order chi connectivity index (χ1) is 10.0. The molecule has 3 heteroatoms. The number of nitrogens with two attached hydrogens (primary N) is 1. The molecule has 0 radical (unpaired) electrons. The third-order valence-electron chi connectivity index (χ3n) is 3.73. The van der Waals surface area contributed by atoms with Crippen LogP contribution >= 0.6 is 0 Å². The Morgan fingerprint density at radius 3 is 2.71 bits per heavy atom. The fourth-order valence-corrected chi connectivity index (χ4v) is 2.72. The molecule has 0 saturated heterocycles. The summed E-state index contributed by atoms with van der Waals surface area (Å²) in [7, 11) is 0. The average Bonchev–Trinajstić information content (AvgIpc) is 2.44. The lowest BCUT2D eigenvalue weighted by atomic mass is 9.90. The summed E-state index contributed by atoms with van der Waals surface area (Å²) in [5, 5.41) is 0. The van der Waals surface area contributed by atoms with Crippen LogP contribution in [0.3, 0.4) is 0 Å². The van der Waals surface area contributed by atoms with E-state index in [0.29, 0.717) is 6.61 Å². The molecule has 0 saturated carbocycles. The summed E-state index contributed by atoms with van der Waals surface area (Å²) in [6, 6.07) is 16.1. The first-order valence-electron chi connectivity index (χ1n) is 7.29. The molecule has 2 aromatic rings. The third kappa shape index (κ3) is 3.19. The number of fused-ring (bicyclic) bond motifs is 1. The molecule has 3 nitrogen and oxygen atoms in total. The Labute approximate surface area is 125 Å². The lowest BCUT2D eigenvalue weighted by Gasteiger charge is -2.36. The van der Waals surface area contributed by atoms with Crippen molar-refractivity contribution in [3.63, 3.8) is 0 Å². The van der Waals surface area contributed by atoms with Gasteiger partial charge in [0.1, 0.15) is 23.7 Å². The van der Waals surface area contributed by atoms with Crippen molar-refractivity contribution in [2.75, 3.05) is 0 Å². The normalized spacial score (nSPS) is 19.5. The Morgan fingerprint density at radius 2 is 1.95 bits per heavy atom. The van der Waals surface area contributed by atoms with E-state index in [9.17, 15) is 0 Å². The van der Waals surface area contributed by atoms with Crippen LogP contribution in [0, 0.1) is 0 Å². The van der Waals surface area contributed by atoms with Crippen molar-refractivity contribution >= 4 is 0 Å². The monoisotopic (exact) mass is 283 g/mol. The van der Waals surface area contributed by atoms with E-state index in [-0.39, 0.29) is 11.6 Å². The maximum absolute atomic E-state index is 6.22. The predicted octanol–water partition coefficient (Wildman–Crippen LogP) is 3.83. The fraction of sp³-hybridized carbons (Fsp3) is 0.333. The highest BCUT2D eigenvalue weighted by Gasteiger charge is 2.31. The molecule has 0 spiro atoms. The molecule has 1 aliphatic heterocycles. The molecule has 0 amide bonds. The topological polar surface area (TPSA) is 44.5 Å². The van der Waals surface area contributed by atoms with E-state index in [4.69, 9.17) is 15.2 Å². The second kappa shape index (κ2) is 5.41. The summed E-state index contributed by atoms with van der Waals surface area (Å²) in [5.41, 5.74) is 8.19. The van der Waals surface area contributed by atoms with Crippen LogP contribution in [0.1, 0.15) is 37.4 Å². The second-order valence-electron chi connectivity index (χ2n) is 6.15. The van der Waals surface area contributed by atoms with Crippen molar-refractivity contribution in [1.82, 2.24) is 0 Å². The van der Waals surface area contributed by atoms with Crippen LogP contribution in [-0.2, 0) is 6.61 Å². The van der Waals surface area contributed by atoms with Gasteiger partial charge in [0.25, 0.3) is 0 Å². The SMILES string of the molecule is CC1(C)CC(N)c2ccc(OCc3ccccc3)cc2O1. The van der Waals surface area contributed by atoms with Gasteiger partial charge in [0.15, 0.2) is 0 Å². The van der Waals surface area contributed by atoms with E-state index in [1.807, 2.05) is 48.5 Å². The lowest BCUT2D eigenvalue weighted by Crippen LogP contribution is -2.37. The number of rotatable bonds is 3. The smallest absolute Gasteiger partial charge is 0.128 e. The minimum absolute atomic E-state index is 0.0203. The van der Waals surface area contributed by atoms with E-state index in [1.54, 1.807) is 0 Å². The van der Waals surface area contributed by atoms with Crippen LogP contribution in [0.4, 0.5) is 0 Å². The van der Waals surface area contributed by atoms with Gasteiger partial charge < -0.3 is 15.2 Å². The van der Waals surface area contributed by atoms with E-state index < -0.39 is 0 Å². The molecule has 2 N–H and O–H groups in total. The van der Waals surface area contributed by atoms with Gasteiger partial charge in [-0.1, -0.05) is 36.4 Å². The summed E-state index contributed by atoms with van der Waals surface area (Å²) in [4.78, 5) is 0. The van der Waals surface area contributed by atoms with Gasteiger partial charge in [-0.15, -0.1) is 0 Å². The van der Waals surface area contributed by atoms with Crippen LogP contribution < -0.4 is 15.2 Å². The Kier molecular flexibility index (Phi) is 3.60. The highest BCUT2D eigenvalue weighted by molar-refractivity contribution is 5.44. The largest absolute Gasteiger partial charge is 0.489 e. The maximum atomic E-state index is 6.22. The Balaban J connectivity index is 1.77. The van der Waals surface area contributed by atoms with E-state index >= 15 is 0 Å². The highest BCUT2D eigenvalue weighted by Crippen LogP contribution is 2.40. The Hall–Kier alpha value is -2.00. The molecule has 3 rings (SSSR count). The lowest BCUT2D eigenvalue weighted by molar-refractivity contribution is 0.0724. The van der Waals surface area contributed by atoms with Gasteiger partial charge in [-0.3, -0.25) is 0 Å². The average molecular weight is 283 g/mol. The summed E-state index contributed by atoms with van der Waals surface area (Å²) in [6.07, 6.45) is 0.824. The minimum atomic E-state index is -0.232. The Bertz CT molecular complexity index is 622. The van der Waals surface area contributed by atoms with Crippen molar-refractivity contribution in [3.05, 3.63) is 59.7 Å². The van der Waals surface area contributed by atoms with E-state index in [2.05, 4.69) is 13.8 Å². The summed E-state index contributed by atoms with van der Waals surface area (Å²) >= 11 is 0. The molecular weight excluding hydrogens is 262 g/mol. The first kappa shape index (κ1) is 14.0. The molecule has 2 aromatic carbocycles. The molecule has 0 aromatic heterocycles. The van der Waals surface area contributed by atoms with Crippen LogP contribution in [0.25, 0.3) is 0 Å². The van der Waals surface area contributed by atoms with Gasteiger partial charge in [-0.2, -0.15) is 0 Å². The molecule has 1 aliphatic rings. The Morgan fingerprint density at radius 1 is 1.19 bits per heavy atom. The number of hydrogen-bond donors (Lipinski definition) is 1. The molecule has 1 heterocycles. The molecule has 1 unspecified atom stereocenters. The summed E-state index contributed by atoms with van der Waals surface area (Å²) < 4.78 is 11.9. The van der Waals surface area contributed by atoms with Gasteiger partial charge in [0.2, 0.25) is 0 Å². The second-order valence-corrected chi connectivity index (χ2v) is 6.15. The molecular formula is C18H21NO2. The van der Waals surface area contributed by atoms with Crippen LogP contribution in [0.2, 0.25) is 0 Å². The standard InChI is InChI=1S/C18H21NO2/c1-18(2)11-16(19)15-9-8-14(10-17(15)21-18)20-12-13-6-4-3-5-7-13/h3-10,16H,11-12,19H2,1-2H3. The number of hydrogen-bond acceptors (Lipinski definition) is 3.